The van der Waals surface area contributed by atoms with E-state index in [-0.39, 0.29) is 10.8 Å². The minimum atomic E-state index is -1.21. The summed E-state index contributed by atoms with van der Waals surface area (Å²) in [5, 5.41) is 0. The number of nitrogens with zero attached hydrogens (tertiary/aromatic N) is 2. The zero-order chi connectivity index (χ0) is 19.4. The van der Waals surface area contributed by atoms with E-state index in [0.29, 0.717) is 0 Å². The van der Waals surface area contributed by atoms with Crippen molar-refractivity contribution in [1.29, 1.82) is 0 Å². The van der Waals surface area contributed by atoms with E-state index in [1.807, 2.05) is 6.21 Å². The van der Waals surface area contributed by atoms with Crippen molar-refractivity contribution in [1.82, 2.24) is 4.90 Å². The van der Waals surface area contributed by atoms with Crippen molar-refractivity contribution in [3.8, 4) is 5.75 Å². The molecule has 0 aliphatic rings. The van der Waals surface area contributed by atoms with Gasteiger partial charge in [-0.3, -0.25) is 4.99 Å². The summed E-state index contributed by atoms with van der Waals surface area (Å²) in [5.41, 5.74) is 3.88. The molecule has 0 spiro atoms. The lowest BCUT2D eigenvalue weighted by atomic mass is 9.79. The average Bonchev–Trinajstić information content (AvgIpc) is 2.41. The Balaban J connectivity index is 3.47. The summed E-state index contributed by atoms with van der Waals surface area (Å²) in [6.07, 6.45) is 2.01. The topological polar surface area (TPSA) is 24.8 Å². The van der Waals surface area contributed by atoms with Gasteiger partial charge < -0.3 is 8.69 Å². The molecule has 0 unspecified atom stereocenters. The molecule has 4 heteroatoms. The van der Waals surface area contributed by atoms with Gasteiger partial charge in [-0.15, -0.1) is 0 Å². The first-order chi connectivity index (χ1) is 11.3. The molecule has 0 N–H and O–H groups in total. The summed E-state index contributed by atoms with van der Waals surface area (Å²) in [4.78, 5) is 6.82. The van der Waals surface area contributed by atoms with Gasteiger partial charge in [0.15, 0.2) is 0 Å². The third-order valence-electron chi connectivity index (χ3n) is 4.05. The molecule has 0 radical (unpaired) electrons. The SMILES string of the molecule is CN(C)CCN=Cc1cc(C(C)(C)C)cc(C(C)(C)C)c1[O][Al]([CH3])[CH3]. The summed E-state index contributed by atoms with van der Waals surface area (Å²) >= 11 is -1.21. The molecule has 1 rings (SSSR count). The fraction of sp³-hybridized carbons (Fsp3) is 0.667. The molecule has 0 bridgehead atoms. The first kappa shape index (κ1) is 22.2. The van der Waals surface area contributed by atoms with Gasteiger partial charge in [-0.05, 0) is 42.1 Å². The number of hydrogen-bond donors (Lipinski definition) is 0. The third kappa shape index (κ3) is 7.13. The average molecular weight is 361 g/mol. The normalized spacial score (nSPS) is 12.9. The minimum Gasteiger partial charge on any atom is -0.642 e. The molecule has 0 atom stereocenters. The van der Waals surface area contributed by atoms with E-state index >= 15 is 0 Å². The van der Waals surface area contributed by atoms with Crippen molar-refractivity contribution in [2.75, 3.05) is 27.2 Å². The first-order valence-corrected chi connectivity index (χ1v) is 12.1. The van der Waals surface area contributed by atoms with Crippen LogP contribution in [0.2, 0.25) is 11.6 Å². The van der Waals surface area contributed by atoms with E-state index in [1.165, 1.54) is 11.1 Å². The number of rotatable bonds is 6. The lowest BCUT2D eigenvalue weighted by Gasteiger charge is -2.30. The molecule has 0 amide bonds. The first-order valence-electron chi connectivity index (χ1n) is 9.32. The van der Waals surface area contributed by atoms with Gasteiger partial charge in [-0.2, -0.15) is 0 Å². The van der Waals surface area contributed by atoms with Gasteiger partial charge in [0.2, 0.25) is 0 Å². The quantitative estimate of drug-likeness (QED) is 0.533. The molecule has 0 saturated carbocycles. The van der Waals surface area contributed by atoms with Gasteiger partial charge in [0.1, 0.15) is 0 Å². The minimum absolute atomic E-state index is 0.0338. The lowest BCUT2D eigenvalue weighted by molar-refractivity contribution is 0.421. The molecule has 25 heavy (non-hydrogen) atoms. The van der Waals surface area contributed by atoms with Crippen LogP contribution in [0.1, 0.15) is 58.2 Å². The Bertz CT molecular complexity index is 593. The van der Waals surface area contributed by atoms with Gasteiger partial charge in [0, 0.05) is 18.3 Å². The van der Waals surface area contributed by atoms with Crippen LogP contribution in [0.5, 0.6) is 5.75 Å². The summed E-state index contributed by atoms with van der Waals surface area (Å²) in [6.45, 7) is 15.3. The molecule has 0 aliphatic heterocycles. The van der Waals surface area contributed by atoms with Gasteiger partial charge in [-0.25, -0.2) is 0 Å². The number of aliphatic imine (C=N–C) groups is 1. The predicted molar refractivity (Wildman–Crippen MR) is 113 cm³/mol. The molecular weight excluding hydrogens is 323 g/mol. The van der Waals surface area contributed by atoms with Gasteiger partial charge >= 0.3 is 14.5 Å². The Morgan fingerprint density at radius 1 is 1.04 bits per heavy atom. The van der Waals surface area contributed by atoms with E-state index in [2.05, 4.69) is 89.2 Å². The van der Waals surface area contributed by atoms with Crippen molar-refractivity contribution in [3.05, 3.63) is 28.8 Å². The molecule has 0 saturated heterocycles. The van der Waals surface area contributed by atoms with Crippen molar-refractivity contribution in [3.63, 3.8) is 0 Å². The summed E-state index contributed by atoms with van der Waals surface area (Å²) in [7, 11) is 4.15. The van der Waals surface area contributed by atoms with Crippen molar-refractivity contribution in [2.24, 2.45) is 4.99 Å². The predicted octanol–water partition coefficient (Wildman–Crippen LogP) is 4.89. The number of benzene rings is 1. The zero-order valence-electron chi connectivity index (χ0n) is 18.0. The van der Waals surface area contributed by atoms with Crippen LogP contribution in [0.25, 0.3) is 0 Å². The van der Waals surface area contributed by atoms with Crippen LogP contribution in [0.4, 0.5) is 0 Å². The van der Waals surface area contributed by atoms with Crippen LogP contribution < -0.4 is 3.79 Å². The maximum Gasteiger partial charge on any atom is 0.540 e. The van der Waals surface area contributed by atoms with Crippen molar-refractivity contribution < 1.29 is 3.79 Å². The van der Waals surface area contributed by atoms with E-state index in [9.17, 15) is 0 Å². The molecule has 1 aromatic carbocycles. The highest BCUT2D eigenvalue weighted by molar-refractivity contribution is 6.49. The Labute approximate surface area is 160 Å². The third-order valence-corrected chi connectivity index (χ3v) is 4.76. The molecule has 140 valence electrons. The van der Waals surface area contributed by atoms with Crippen molar-refractivity contribution in [2.45, 2.75) is 63.9 Å². The Morgan fingerprint density at radius 2 is 1.64 bits per heavy atom. The second kappa shape index (κ2) is 8.71. The summed E-state index contributed by atoms with van der Waals surface area (Å²) in [6, 6.07) is 4.60. The van der Waals surface area contributed by atoms with E-state index < -0.39 is 14.5 Å². The smallest absolute Gasteiger partial charge is 0.540 e. The highest BCUT2D eigenvalue weighted by Crippen LogP contribution is 2.38. The molecule has 0 fully saturated rings. The second-order valence-corrected chi connectivity index (χ2v) is 11.8. The van der Waals surface area contributed by atoms with Crippen molar-refractivity contribution >= 4 is 20.7 Å². The Morgan fingerprint density at radius 3 is 2.08 bits per heavy atom. The Kier molecular flexibility index (Phi) is 7.75. The summed E-state index contributed by atoms with van der Waals surface area (Å²) < 4.78 is 6.39. The fourth-order valence-corrected chi connectivity index (χ4v) is 3.26. The number of likely N-dealkylation sites (N-methyl/N-ethyl adjacent to an activating group) is 1. The molecule has 3 nitrogen and oxygen atoms in total. The monoisotopic (exact) mass is 360 g/mol. The lowest BCUT2D eigenvalue weighted by Crippen LogP contribution is -2.22. The van der Waals surface area contributed by atoms with E-state index in [0.717, 1.165) is 24.4 Å². The van der Waals surface area contributed by atoms with E-state index in [1.54, 1.807) is 0 Å². The van der Waals surface area contributed by atoms with Crippen LogP contribution in [0, 0.1) is 0 Å². The zero-order valence-corrected chi connectivity index (χ0v) is 19.2. The maximum absolute atomic E-state index is 6.39. The van der Waals surface area contributed by atoms with Crippen LogP contribution in [0.3, 0.4) is 0 Å². The fourth-order valence-electron chi connectivity index (χ4n) is 2.53. The molecular formula is C21H37AlN2O. The summed E-state index contributed by atoms with van der Waals surface area (Å²) in [5.74, 6) is 5.48. The molecule has 0 aliphatic carbocycles. The number of hydrogen-bond acceptors (Lipinski definition) is 3. The van der Waals surface area contributed by atoms with Gasteiger partial charge in [0.05, 0.1) is 12.3 Å². The van der Waals surface area contributed by atoms with Crippen LogP contribution in [0.15, 0.2) is 17.1 Å². The second-order valence-electron chi connectivity index (χ2n) is 9.45. The molecule has 0 aromatic heterocycles. The highest BCUT2D eigenvalue weighted by Gasteiger charge is 2.26. The maximum atomic E-state index is 6.39. The molecule has 0 heterocycles. The van der Waals surface area contributed by atoms with E-state index in [4.69, 9.17) is 3.79 Å². The largest absolute Gasteiger partial charge is 0.642 e. The van der Waals surface area contributed by atoms with Crippen LogP contribution in [-0.2, 0) is 10.8 Å². The standard InChI is InChI=1S/C19H32N2O.2CH3.Al/c1-18(2,3)15-11-14(13-20-9-10-21(7)8)17(22)16(12-15)19(4,5)6;;;/h11-13,22H,9-10H2,1-8H3;2*1H3;/q;;;+1/p-1. The van der Waals surface area contributed by atoms with Crippen LogP contribution in [-0.4, -0.2) is 52.8 Å². The van der Waals surface area contributed by atoms with Crippen LogP contribution >= 0.6 is 0 Å². The Hall–Kier alpha value is -0.818. The van der Waals surface area contributed by atoms with Gasteiger partial charge in [0.25, 0.3) is 0 Å². The van der Waals surface area contributed by atoms with Gasteiger partial charge in [-0.1, -0.05) is 59.2 Å². The highest BCUT2D eigenvalue weighted by atomic mass is 27.2. The molecule has 1 aromatic rings.